The number of ether oxygens (including phenoxy) is 1. The Balaban J connectivity index is 1.58. The molecular weight excluding hydrogens is 328 g/mol. The van der Waals surface area contributed by atoms with E-state index in [1.54, 1.807) is 6.20 Å². The first-order valence-electron chi connectivity index (χ1n) is 8.25. The molecule has 0 spiro atoms. The van der Waals surface area contributed by atoms with E-state index in [1.807, 2.05) is 72.8 Å². The minimum atomic E-state index is -0.570. The average molecular weight is 344 g/mol. The second kappa shape index (κ2) is 7.14. The van der Waals surface area contributed by atoms with Crippen LogP contribution in [0.5, 0.6) is 0 Å². The van der Waals surface area contributed by atoms with E-state index in [0.717, 1.165) is 16.6 Å². The van der Waals surface area contributed by atoms with Crippen molar-refractivity contribution in [2.45, 2.75) is 12.6 Å². The lowest BCUT2D eigenvalue weighted by Gasteiger charge is -2.18. The van der Waals surface area contributed by atoms with Crippen LogP contribution in [0.25, 0.3) is 11.0 Å². The molecule has 4 aromatic rings. The zero-order chi connectivity index (χ0) is 17.8. The smallest absolute Gasteiger partial charge is 0.328 e. The Labute approximate surface area is 150 Å². The average Bonchev–Trinajstić information content (AvgIpc) is 3.10. The van der Waals surface area contributed by atoms with Crippen molar-refractivity contribution in [3.63, 3.8) is 0 Å². The summed E-state index contributed by atoms with van der Waals surface area (Å²) in [5, 5.41) is 8.10. The standard InChI is InChI=1S/C20H16N4O2/c25-19(14-24-18-12-5-4-10-16(18)22-23-24)26-20(15-8-2-1-3-9-15)17-11-6-7-13-21-17/h1-13,20H,14H2/t20-/m1/s1. The molecule has 0 unspecified atom stereocenters. The Morgan fingerprint density at radius 2 is 1.73 bits per heavy atom. The molecule has 2 aromatic heterocycles. The zero-order valence-electron chi connectivity index (χ0n) is 13.9. The second-order valence-corrected chi connectivity index (χ2v) is 5.77. The van der Waals surface area contributed by atoms with Gasteiger partial charge in [-0.15, -0.1) is 5.10 Å². The predicted octanol–water partition coefficient (Wildman–Crippen LogP) is 3.16. The Kier molecular flexibility index (Phi) is 4.38. The summed E-state index contributed by atoms with van der Waals surface area (Å²) in [6, 6.07) is 22.6. The van der Waals surface area contributed by atoms with Crippen molar-refractivity contribution in [3.8, 4) is 0 Å². The van der Waals surface area contributed by atoms with Crippen molar-refractivity contribution in [2.75, 3.05) is 0 Å². The highest BCUT2D eigenvalue weighted by Crippen LogP contribution is 2.24. The lowest BCUT2D eigenvalue weighted by molar-refractivity contribution is -0.148. The van der Waals surface area contributed by atoms with E-state index in [1.165, 1.54) is 4.68 Å². The largest absolute Gasteiger partial charge is 0.450 e. The second-order valence-electron chi connectivity index (χ2n) is 5.77. The molecule has 0 saturated carbocycles. The molecule has 0 aliphatic rings. The van der Waals surface area contributed by atoms with E-state index < -0.39 is 12.1 Å². The lowest BCUT2D eigenvalue weighted by atomic mass is 10.1. The summed E-state index contributed by atoms with van der Waals surface area (Å²) < 4.78 is 7.29. The van der Waals surface area contributed by atoms with Crippen LogP contribution in [0.3, 0.4) is 0 Å². The molecule has 6 heteroatoms. The summed E-state index contributed by atoms with van der Waals surface area (Å²) in [6.07, 6.45) is 1.11. The van der Waals surface area contributed by atoms with Gasteiger partial charge in [-0.2, -0.15) is 0 Å². The fourth-order valence-corrected chi connectivity index (χ4v) is 2.78. The van der Waals surface area contributed by atoms with Crippen LogP contribution in [0.4, 0.5) is 0 Å². The van der Waals surface area contributed by atoms with Gasteiger partial charge in [-0.05, 0) is 29.8 Å². The highest BCUT2D eigenvalue weighted by Gasteiger charge is 2.21. The first kappa shape index (κ1) is 16.0. The van der Waals surface area contributed by atoms with Crippen LogP contribution in [-0.2, 0) is 16.1 Å². The zero-order valence-corrected chi connectivity index (χ0v) is 13.9. The van der Waals surface area contributed by atoms with Gasteiger partial charge in [0.25, 0.3) is 0 Å². The van der Waals surface area contributed by atoms with Crippen molar-refractivity contribution in [2.24, 2.45) is 0 Å². The first-order chi connectivity index (χ1) is 12.8. The maximum atomic E-state index is 12.6. The number of nitrogens with zero attached hydrogens (tertiary/aromatic N) is 4. The van der Waals surface area contributed by atoms with Crippen LogP contribution in [0.15, 0.2) is 79.0 Å². The van der Waals surface area contributed by atoms with Gasteiger partial charge < -0.3 is 4.74 Å². The maximum absolute atomic E-state index is 12.6. The van der Waals surface area contributed by atoms with Gasteiger partial charge in [0.05, 0.1) is 11.2 Å². The van der Waals surface area contributed by atoms with Gasteiger partial charge in [-0.25, -0.2) is 4.68 Å². The van der Waals surface area contributed by atoms with Gasteiger partial charge in [0.15, 0.2) is 6.10 Å². The molecule has 0 fully saturated rings. The molecule has 0 bridgehead atoms. The summed E-state index contributed by atoms with van der Waals surface area (Å²) in [7, 11) is 0. The molecule has 128 valence electrons. The molecule has 1 atom stereocenters. The Morgan fingerprint density at radius 1 is 0.962 bits per heavy atom. The molecule has 0 aliphatic heterocycles. The summed E-state index contributed by atoms with van der Waals surface area (Å²) in [5.74, 6) is -0.403. The number of benzene rings is 2. The van der Waals surface area contributed by atoms with Crippen molar-refractivity contribution < 1.29 is 9.53 Å². The van der Waals surface area contributed by atoms with Crippen molar-refractivity contribution in [3.05, 3.63) is 90.3 Å². The van der Waals surface area contributed by atoms with E-state index in [4.69, 9.17) is 4.74 Å². The third kappa shape index (κ3) is 3.30. The third-order valence-electron chi connectivity index (χ3n) is 4.01. The Hall–Kier alpha value is -3.54. The van der Waals surface area contributed by atoms with Gasteiger partial charge in [-0.1, -0.05) is 53.7 Å². The number of aromatic nitrogens is 4. The van der Waals surface area contributed by atoms with Crippen LogP contribution in [0.1, 0.15) is 17.4 Å². The van der Waals surface area contributed by atoms with Crippen LogP contribution in [0.2, 0.25) is 0 Å². The van der Waals surface area contributed by atoms with E-state index in [-0.39, 0.29) is 6.54 Å². The Bertz CT molecular complexity index is 976. The molecule has 4 rings (SSSR count). The normalized spacial score (nSPS) is 12.0. The molecule has 2 heterocycles. The summed E-state index contributed by atoms with van der Waals surface area (Å²) in [6.45, 7) is -0.0172. The van der Waals surface area contributed by atoms with Crippen LogP contribution in [0, 0.1) is 0 Å². The molecular formula is C20H16N4O2. The molecule has 2 aromatic carbocycles. The van der Waals surface area contributed by atoms with Crippen molar-refractivity contribution in [1.82, 2.24) is 20.0 Å². The highest BCUT2D eigenvalue weighted by atomic mass is 16.5. The molecule has 0 aliphatic carbocycles. The van der Waals surface area contributed by atoms with Crippen LogP contribution in [-0.4, -0.2) is 25.9 Å². The SMILES string of the molecule is O=C(Cn1nnc2ccccc21)O[C@H](c1ccccc1)c1ccccn1. The highest BCUT2D eigenvalue weighted by molar-refractivity contribution is 5.77. The fraction of sp³-hybridized carbons (Fsp3) is 0.100. The summed E-state index contributed by atoms with van der Waals surface area (Å²) in [5.41, 5.74) is 3.07. The molecule has 0 saturated heterocycles. The molecule has 0 N–H and O–H groups in total. The van der Waals surface area contributed by atoms with Gasteiger partial charge in [0.2, 0.25) is 0 Å². The number of para-hydroxylation sites is 1. The topological polar surface area (TPSA) is 69.9 Å². The third-order valence-corrected chi connectivity index (χ3v) is 4.01. The summed E-state index contributed by atoms with van der Waals surface area (Å²) >= 11 is 0. The number of hydrogen-bond donors (Lipinski definition) is 0. The van der Waals surface area contributed by atoms with E-state index >= 15 is 0 Å². The fourth-order valence-electron chi connectivity index (χ4n) is 2.78. The van der Waals surface area contributed by atoms with Crippen LogP contribution < -0.4 is 0 Å². The van der Waals surface area contributed by atoms with Crippen molar-refractivity contribution >= 4 is 17.0 Å². The number of rotatable bonds is 5. The van der Waals surface area contributed by atoms with E-state index in [2.05, 4.69) is 15.3 Å². The van der Waals surface area contributed by atoms with Crippen molar-refractivity contribution in [1.29, 1.82) is 0 Å². The number of hydrogen-bond acceptors (Lipinski definition) is 5. The molecule has 0 amide bonds. The molecule has 26 heavy (non-hydrogen) atoms. The minimum absolute atomic E-state index is 0.0172. The quantitative estimate of drug-likeness (QED) is 0.520. The number of carbonyl (C=O) groups is 1. The number of esters is 1. The van der Waals surface area contributed by atoms with Gasteiger partial charge in [-0.3, -0.25) is 9.78 Å². The van der Waals surface area contributed by atoms with Gasteiger partial charge in [0, 0.05) is 6.20 Å². The number of fused-ring (bicyclic) bond motifs is 1. The Morgan fingerprint density at radius 3 is 2.54 bits per heavy atom. The first-order valence-corrected chi connectivity index (χ1v) is 8.25. The van der Waals surface area contributed by atoms with Gasteiger partial charge in [0.1, 0.15) is 12.1 Å². The van der Waals surface area contributed by atoms with Crippen LogP contribution >= 0.6 is 0 Å². The summed E-state index contributed by atoms with van der Waals surface area (Å²) in [4.78, 5) is 16.9. The van der Waals surface area contributed by atoms with E-state index in [9.17, 15) is 4.79 Å². The predicted molar refractivity (Wildman–Crippen MR) is 96.1 cm³/mol. The lowest BCUT2D eigenvalue weighted by Crippen LogP contribution is -2.19. The van der Waals surface area contributed by atoms with E-state index in [0.29, 0.717) is 5.69 Å². The maximum Gasteiger partial charge on any atom is 0.328 e. The minimum Gasteiger partial charge on any atom is -0.450 e. The van der Waals surface area contributed by atoms with Gasteiger partial charge >= 0.3 is 5.97 Å². The monoisotopic (exact) mass is 344 g/mol. The number of carbonyl (C=O) groups excluding carboxylic acids is 1. The molecule has 6 nitrogen and oxygen atoms in total. The number of pyridine rings is 1. The molecule has 0 radical (unpaired) electrons.